The van der Waals surface area contributed by atoms with E-state index in [9.17, 15) is 9.59 Å². The zero-order valence-electron chi connectivity index (χ0n) is 8.97. The van der Waals surface area contributed by atoms with E-state index in [1.54, 1.807) is 24.3 Å². The molecule has 2 aromatic rings. The van der Waals surface area contributed by atoms with E-state index in [-0.39, 0.29) is 12.8 Å². The van der Waals surface area contributed by atoms with Gasteiger partial charge in [0.2, 0.25) is 0 Å². The number of benzene rings is 1. The molecule has 0 spiro atoms. The minimum atomic E-state index is -0.943. The Kier molecular flexibility index (Phi) is 2.82. The molecule has 0 bridgehead atoms. The molecule has 3 N–H and O–H groups in total. The summed E-state index contributed by atoms with van der Waals surface area (Å²) >= 11 is 0. The molecule has 0 atom stereocenters. The number of aryl methyl sites for hydroxylation is 1. The Bertz CT molecular complexity index is 630. The third-order valence-electron chi connectivity index (χ3n) is 2.44. The van der Waals surface area contributed by atoms with Crippen LogP contribution >= 0.6 is 0 Å². The zero-order chi connectivity index (χ0) is 12.4. The molecule has 0 fully saturated rings. The van der Waals surface area contributed by atoms with E-state index in [1.165, 1.54) is 0 Å². The summed E-state index contributed by atoms with van der Waals surface area (Å²) in [5.74, 6) is -0.943. The van der Waals surface area contributed by atoms with E-state index in [4.69, 9.17) is 15.3 Å². The van der Waals surface area contributed by atoms with Crippen molar-refractivity contribution in [2.24, 2.45) is 0 Å². The summed E-state index contributed by atoms with van der Waals surface area (Å²) in [4.78, 5) is 22.0. The molecule has 0 aliphatic rings. The summed E-state index contributed by atoms with van der Waals surface area (Å²) in [5.41, 5.74) is 6.35. The van der Waals surface area contributed by atoms with Crippen molar-refractivity contribution in [2.75, 3.05) is 5.73 Å². The van der Waals surface area contributed by atoms with Gasteiger partial charge in [0, 0.05) is 29.1 Å². The second-order valence-electron chi connectivity index (χ2n) is 3.75. The van der Waals surface area contributed by atoms with E-state index >= 15 is 0 Å². The highest BCUT2D eigenvalue weighted by molar-refractivity contribution is 5.80. The first kappa shape index (κ1) is 11.2. The van der Waals surface area contributed by atoms with Crippen LogP contribution in [-0.4, -0.2) is 11.1 Å². The molecule has 5 nitrogen and oxygen atoms in total. The largest absolute Gasteiger partial charge is 0.481 e. The van der Waals surface area contributed by atoms with E-state index < -0.39 is 11.6 Å². The highest BCUT2D eigenvalue weighted by atomic mass is 16.4. The summed E-state index contributed by atoms with van der Waals surface area (Å²) in [6.07, 6.45) is 0.0726. The smallest absolute Gasteiger partial charge is 0.339 e. The molecule has 5 heteroatoms. The Labute approximate surface area is 96.5 Å². The first-order valence-corrected chi connectivity index (χ1v) is 5.10. The predicted octanol–water partition coefficient (Wildman–Crippen LogP) is 1.39. The van der Waals surface area contributed by atoms with Gasteiger partial charge in [0.1, 0.15) is 5.58 Å². The molecule has 0 aliphatic heterocycles. The van der Waals surface area contributed by atoms with Crippen LogP contribution in [-0.2, 0) is 11.2 Å². The van der Waals surface area contributed by atoms with E-state index in [1.807, 2.05) is 0 Å². The molecule has 17 heavy (non-hydrogen) atoms. The number of rotatable bonds is 3. The van der Waals surface area contributed by atoms with Crippen molar-refractivity contribution in [1.29, 1.82) is 0 Å². The van der Waals surface area contributed by atoms with Crippen LogP contribution in [0, 0.1) is 0 Å². The quantitative estimate of drug-likeness (QED) is 0.617. The van der Waals surface area contributed by atoms with Gasteiger partial charge in [0.25, 0.3) is 0 Å². The number of hydrogen-bond donors (Lipinski definition) is 2. The molecule has 1 aromatic carbocycles. The summed E-state index contributed by atoms with van der Waals surface area (Å²) in [6, 6.07) is 6.64. The normalized spacial score (nSPS) is 10.6. The van der Waals surface area contributed by atoms with Crippen molar-refractivity contribution in [1.82, 2.24) is 0 Å². The van der Waals surface area contributed by atoms with Crippen LogP contribution in [0.4, 0.5) is 5.69 Å². The Hall–Kier alpha value is -2.30. The fraction of sp³-hybridized carbons (Fsp3) is 0.167. The van der Waals surface area contributed by atoms with Gasteiger partial charge in [-0.15, -0.1) is 0 Å². The number of nitrogens with two attached hydrogens (primary N) is 1. The molecule has 0 unspecified atom stereocenters. The highest BCUT2D eigenvalue weighted by Gasteiger charge is 2.07. The van der Waals surface area contributed by atoms with E-state index in [2.05, 4.69) is 0 Å². The van der Waals surface area contributed by atoms with Crippen molar-refractivity contribution in [3.63, 3.8) is 0 Å². The van der Waals surface area contributed by atoms with Crippen LogP contribution in [0.1, 0.15) is 12.0 Å². The van der Waals surface area contributed by atoms with Gasteiger partial charge in [0.05, 0.1) is 0 Å². The van der Waals surface area contributed by atoms with Crippen LogP contribution < -0.4 is 11.4 Å². The average molecular weight is 233 g/mol. The number of aliphatic carboxylic acids is 1. The average Bonchev–Trinajstić information content (AvgIpc) is 2.26. The van der Waals surface area contributed by atoms with Gasteiger partial charge < -0.3 is 15.3 Å². The fourth-order valence-electron chi connectivity index (χ4n) is 1.59. The third-order valence-corrected chi connectivity index (χ3v) is 2.44. The molecule has 88 valence electrons. The predicted molar refractivity (Wildman–Crippen MR) is 62.9 cm³/mol. The van der Waals surface area contributed by atoms with E-state index in [0.29, 0.717) is 16.8 Å². The Morgan fingerprint density at radius 2 is 2.12 bits per heavy atom. The lowest BCUT2D eigenvalue weighted by Gasteiger charge is -2.01. The number of hydrogen-bond acceptors (Lipinski definition) is 4. The number of carboxylic acids is 1. The van der Waals surface area contributed by atoms with Crippen molar-refractivity contribution in [3.8, 4) is 0 Å². The number of carbonyl (C=O) groups is 1. The molecule has 0 radical (unpaired) electrons. The van der Waals surface area contributed by atoms with E-state index in [0.717, 1.165) is 5.39 Å². The number of carboxylic acid groups (broad SMARTS) is 1. The van der Waals surface area contributed by atoms with Gasteiger partial charge in [-0.1, -0.05) is 0 Å². The fourth-order valence-corrected chi connectivity index (χ4v) is 1.59. The van der Waals surface area contributed by atoms with Crippen molar-refractivity contribution in [2.45, 2.75) is 12.8 Å². The van der Waals surface area contributed by atoms with Crippen LogP contribution in [0.3, 0.4) is 0 Å². The van der Waals surface area contributed by atoms with Crippen LogP contribution in [0.25, 0.3) is 11.0 Å². The molecule has 2 rings (SSSR count). The van der Waals surface area contributed by atoms with Gasteiger partial charge in [-0.2, -0.15) is 0 Å². The Morgan fingerprint density at radius 3 is 2.82 bits per heavy atom. The second kappa shape index (κ2) is 4.29. The number of fused-ring (bicyclic) bond motifs is 1. The van der Waals surface area contributed by atoms with Gasteiger partial charge in [-0.05, 0) is 24.6 Å². The zero-order valence-corrected chi connectivity index (χ0v) is 8.97. The van der Waals surface area contributed by atoms with Crippen LogP contribution in [0.2, 0.25) is 0 Å². The molecule has 1 heterocycles. The molecule has 0 saturated carbocycles. The van der Waals surface area contributed by atoms with Crippen LogP contribution in [0.15, 0.2) is 33.5 Å². The van der Waals surface area contributed by atoms with Gasteiger partial charge in [-0.3, -0.25) is 4.79 Å². The maximum Gasteiger partial charge on any atom is 0.339 e. The SMILES string of the molecule is Nc1ccc2cc(CCC(=O)O)c(=O)oc2c1. The van der Waals surface area contributed by atoms with Crippen molar-refractivity contribution < 1.29 is 14.3 Å². The number of anilines is 1. The minimum Gasteiger partial charge on any atom is -0.481 e. The summed E-state index contributed by atoms with van der Waals surface area (Å²) in [5, 5.41) is 9.30. The molecule has 1 aromatic heterocycles. The molecular weight excluding hydrogens is 222 g/mol. The van der Waals surface area contributed by atoms with Gasteiger partial charge in [0.15, 0.2) is 0 Å². The van der Waals surface area contributed by atoms with Crippen molar-refractivity contribution >= 4 is 22.6 Å². The molecule has 0 amide bonds. The van der Waals surface area contributed by atoms with Gasteiger partial charge in [-0.25, -0.2) is 4.79 Å². The molecular formula is C12H11NO4. The van der Waals surface area contributed by atoms with Gasteiger partial charge >= 0.3 is 11.6 Å². The summed E-state index contributed by atoms with van der Waals surface area (Å²) in [6.45, 7) is 0. The standard InChI is InChI=1S/C12H11NO4/c13-9-3-1-7-5-8(2-4-11(14)15)12(16)17-10(7)6-9/h1,3,5-6H,2,4,13H2,(H,14,15). The number of nitrogen functional groups attached to an aromatic ring is 1. The lowest BCUT2D eigenvalue weighted by Crippen LogP contribution is -2.09. The first-order chi connectivity index (χ1) is 8.06. The van der Waals surface area contributed by atoms with Crippen molar-refractivity contribution in [3.05, 3.63) is 40.2 Å². The molecule has 0 aliphatic carbocycles. The second-order valence-corrected chi connectivity index (χ2v) is 3.75. The minimum absolute atomic E-state index is 0.0920. The Morgan fingerprint density at radius 1 is 1.35 bits per heavy atom. The topological polar surface area (TPSA) is 93.5 Å². The first-order valence-electron chi connectivity index (χ1n) is 5.10. The summed E-state index contributed by atoms with van der Waals surface area (Å²) < 4.78 is 5.08. The maximum atomic E-state index is 11.6. The molecule has 0 saturated heterocycles. The monoisotopic (exact) mass is 233 g/mol. The lowest BCUT2D eigenvalue weighted by atomic mass is 10.1. The highest BCUT2D eigenvalue weighted by Crippen LogP contribution is 2.17. The summed E-state index contributed by atoms with van der Waals surface area (Å²) in [7, 11) is 0. The third kappa shape index (κ3) is 2.44. The maximum absolute atomic E-state index is 11.6. The van der Waals surface area contributed by atoms with Crippen LogP contribution in [0.5, 0.6) is 0 Å². The Balaban J connectivity index is 2.45. The lowest BCUT2D eigenvalue weighted by molar-refractivity contribution is -0.136.